The van der Waals surface area contributed by atoms with Gasteiger partial charge in [0.2, 0.25) is 11.8 Å². The first kappa shape index (κ1) is 14.6. The highest BCUT2D eigenvalue weighted by Crippen LogP contribution is 2.25. The number of likely N-dealkylation sites (tertiary alicyclic amines) is 1. The molecular formula is C14H20N2O4. The number of β-amino-alcohol motifs (C(OH)–C–C–N with tert-alkyl or cyclic N) is 1. The number of rotatable bonds is 4. The Morgan fingerprint density at radius 2 is 2.35 bits per heavy atom. The van der Waals surface area contributed by atoms with Crippen molar-refractivity contribution in [1.82, 2.24) is 10.2 Å². The van der Waals surface area contributed by atoms with Crippen LogP contribution in [0.1, 0.15) is 25.0 Å². The second-order valence-corrected chi connectivity index (χ2v) is 5.25. The molecule has 110 valence electrons. The molecule has 1 aromatic rings. The van der Waals surface area contributed by atoms with Crippen LogP contribution >= 0.6 is 0 Å². The van der Waals surface area contributed by atoms with Crippen molar-refractivity contribution in [1.29, 1.82) is 0 Å². The zero-order valence-corrected chi connectivity index (χ0v) is 11.6. The van der Waals surface area contributed by atoms with Gasteiger partial charge in [-0.25, -0.2) is 0 Å². The van der Waals surface area contributed by atoms with E-state index in [4.69, 9.17) is 4.42 Å². The molecule has 0 aliphatic carbocycles. The third-order valence-electron chi connectivity index (χ3n) is 3.58. The normalized spacial score (nSPS) is 22.6. The van der Waals surface area contributed by atoms with E-state index in [9.17, 15) is 14.7 Å². The highest BCUT2D eigenvalue weighted by molar-refractivity contribution is 5.79. The first-order valence-electron chi connectivity index (χ1n) is 6.75. The van der Waals surface area contributed by atoms with E-state index in [1.54, 1.807) is 17.0 Å². The van der Waals surface area contributed by atoms with Crippen LogP contribution in [0.5, 0.6) is 0 Å². The zero-order valence-electron chi connectivity index (χ0n) is 11.6. The SMILES string of the molecule is CNC(=O)CC1(O)CCCN(C(=O)Cc2ccco2)C1. The van der Waals surface area contributed by atoms with Gasteiger partial charge in [-0.3, -0.25) is 9.59 Å². The summed E-state index contributed by atoms with van der Waals surface area (Å²) in [6.07, 6.45) is 2.96. The van der Waals surface area contributed by atoms with Crippen LogP contribution in [0.15, 0.2) is 22.8 Å². The van der Waals surface area contributed by atoms with Crippen molar-refractivity contribution in [2.24, 2.45) is 0 Å². The molecule has 1 aliphatic heterocycles. The van der Waals surface area contributed by atoms with E-state index in [0.717, 1.165) is 0 Å². The minimum absolute atomic E-state index is 0.0219. The summed E-state index contributed by atoms with van der Waals surface area (Å²) < 4.78 is 5.15. The predicted molar refractivity (Wildman–Crippen MR) is 71.9 cm³/mol. The summed E-state index contributed by atoms with van der Waals surface area (Å²) in [4.78, 5) is 25.2. The lowest BCUT2D eigenvalue weighted by Gasteiger charge is -2.38. The largest absolute Gasteiger partial charge is 0.469 e. The third kappa shape index (κ3) is 3.60. The minimum Gasteiger partial charge on any atom is -0.469 e. The Balaban J connectivity index is 1.95. The van der Waals surface area contributed by atoms with Crippen LogP contribution in [-0.2, 0) is 16.0 Å². The third-order valence-corrected chi connectivity index (χ3v) is 3.58. The van der Waals surface area contributed by atoms with Gasteiger partial charge in [0.1, 0.15) is 5.76 Å². The number of nitrogens with zero attached hydrogens (tertiary/aromatic N) is 1. The first-order chi connectivity index (χ1) is 9.52. The van der Waals surface area contributed by atoms with Crippen LogP contribution < -0.4 is 5.32 Å². The van der Waals surface area contributed by atoms with Crippen LogP contribution in [0.3, 0.4) is 0 Å². The van der Waals surface area contributed by atoms with Gasteiger partial charge in [0.25, 0.3) is 0 Å². The molecule has 1 unspecified atom stereocenters. The number of hydrogen-bond donors (Lipinski definition) is 2. The second kappa shape index (κ2) is 6.09. The van der Waals surface area contributed by atoms with E-state index >= 15 is 0 Å². The topological polar surface area (TPSA) is 82.8 Å². The van der Waals surface area contributed by atoms with Gasteiger partial charge in [-0.1, -0.05) is 0 Å². The Hall–Kier alpha value is -1.82. The summed E-state index contributed by atoms with van der Waals surface area (Å²) in [5, 5.41) is 12.9. The Bertz CT molecular complexity index is 472. The summed E-state index contributed by atoms with van der Waals surface area (Å²) in [5.41, 5.74) is -1.13. The number of aliphatic hydroxyl groups is 1. The van der Waals surface area contributed by atoms with Crippen LogP contribution in [0.4, 0.5) is 0 Å². The number of carbonyl (C=O) groups excluding carboxylic acids is 2. The number of nitrogens with one attached hydrogen (secondary N) is 1. The van der Waals surface area contributed by atoms with Crippen molar-refractivity contribution in [2.45, 2.75) is 31.3 Å². The minimum atomic E-state index is -1.13. The molecule has 1 atom stereocenters. The molecule has 1 fully saturated rings. The van der Waals surface area contributed by atoms with Gasteiger partial charge in [0.15, 0.2) is 0 Å². The molecule has 0 spiro atoms. The molecule has 2 N–H and O–H groups in total. The van der Waals surface area contributed by atoms with Crippen molar-refractivity contribution < 1.29 is 19.1 Å². The van der Waals surface area contributed by atoms with Gasteiger partial charge >= 0.3 is 0 Å². The van der Waals surface area contributed by atoms with Crippen molar-refractivity contribution in [3.63, 3.8) is 0 Å². The molecule has 2 amide bonds. The maximum atomic E-state index is 12.2. The van der Waals surface area contributed by atoms with E-state index < -0.39 is 5.60 Å². The number of piperidine rings is 1. The average Bonchev–Trinajstić information content (AvgIpc) is 2.91. The van der Waals surface area contributed by atoms with Gasteiger partial charge in [-0.15, -0.1) is 0 Å². The van der Waals surface area contributed by atoms with Crippen LogP contribution in [0, 0.1) is 0 Å². The Labute approximate surface area is 117 Å². The summed E-state index contributed by atoms with van der Waals surface area (Å²) in [7, 11) is 1.54. The summed E-state index contributed by atoms with van der Waals surface area (Å²) in [6.45, 7) is 0.801. The highest BCUT2D eigenvalue weighted by Gasteiger charge is 2.36. The molecule has 0 saturated carbocycles. The number of hydrogen-bond acceptors (Lipinski definition) is 4. The van der Waals surface area contributed by atoms with E-state index in [-0.39, 0.29) is 31.2 Å². The summed E-state index contributed by atoms with van der Waals surface area (Å²) >= 11 is 0. The molecule has 2 rings (SSSR count). The Morgan fingerprint density at radius 3 is 3.00 bits per heavy atom. The van der Waals surface area contributed by atoms with Gasteiger partial charge < -0.3 is 19.7 Å². The van der Waals surface area contributed by atoms with Crippen LogP contribution in [0.2, 0.25) is 0 Å². The summed E-state index contributed by atoms with van der Waals surface area (Å²) in [6, 6.07) is 3.49. The maximum Gasteiger partial charge on any atom is 0.230 e. The highest BCUT2D eigenvalue weighted by atomic mass is 16.3. The fraction of sp³-hybridized carbons (Fsp3) is 0.571. The van der Waals surface area contributed by atoms with Crippen LogP contribution in [0.25, 0.3) is 0 Å². The first-order valence-corrected chi connectivity index (χ1v) is 6.75. The number of carbonyl (C=O) groups is 2. The lowest BCUT2D eigenvalue weighted by atomic mass is 9.89. The van der Waals surface area contributed by atoms with Crippen molar-refractivity contribution >= 4 is 11.8 Å². The predicted octanol–water partition coefficient (Wildman–Crippen LogP) is 0.312. The Kier molecular flexibility index (Phi) is 4.44. The molecule has 1 saturated heterocycles. The molecule has 6 heteroatoms. The average molecular weight is 280 g/mol. The van der Waals surface area contributed by atoms with Crippen molar-refractivity contribution in [3.8, 4) is 0 Å². The zero-order chi connectivity index (χ0) is 14.6. The van der Waals surface area contributed by atoms with Crippen molar-refractivity contribution in [2.75, 3.05) is 20.1 Å². The monoisotopic (exact) mass is 280 g/mol. The molecule has 6 nitrogen and oxygen atoms in total. The second-order valence-electron chi connectivity index (χ2n) is 5.25. The fourth-order valence-electron chi connectivity index (χ4n) is 2.53. The molecule has 1 aromatic heterocycles. The van der Waals surface area contributed by atoms with Gasteiger partial charge in [0.05, 0.1) is 24.7 Å². The number of furan rings is 1. The lowest BCUT2D eigenvalue weighted by molar-refractivity contribution is -0.141. The number of amides is 2. The molecule has 0 bridgehead atoms. The fourth-order valence-corrected chi connectivity index (χ4v) is 2.53. The van der Waals surface area contributed by atoms with E-state index in [0.29, 0.717) is 25.1 Å². The van der Waals surface area contributed by atoms with Gasteiger partial charge in [0, 0.05) is 20.1 Å². The van der Waals surface area contributed by atoms with Crippen LogP contribution in [-0.4, -0.2) is 47.6 Å². The standard InChI is InChI=1S/C14H20N2O4/c1-15-12(17)9-14(19)5-3-6-16(10-14)13(18)8-11-4-2-7-20-11/h2,4,7,19H,3,5-6,8-10H2,1H3,(H,15,17). The summed E-state index contributed by atoms with van der Waals surface area (Å²) in [5.74, 6) is 0.304. The molecule has 0 radical (unpaired) electrons. The molecule has 2 heterocycles. The lowest BCUT2D eigenvalue weighted by Crippen LogP contribution is -2.52. The van der Waals surface area contributed by atoms with Crippen molar-refractivity contribution in [3.05, 3.63) is 24.2 Å². The van der Waals surface area contributed by atoms with Gasteiger partial charge in [-0.2, -0.15) is 0 Å². The van der Waals surface area contributed by atoms with E-state index in [1.165, 1.54) is 13.3 Å². The molecule has 0 aromatic carbocycles. The Morgan fingerprint density at radius 1 is 1.55 bits per heavy atom. The van der Waals surface area contributed by atoms with Gasteiger partial charge in [-0.05, 0) is 25.0 Å². The van der Waals surface area contributed by atoms with E-state index in [1.807, 2.05) is 0 Å². The quantitative estimate of drug-likeness (QED) is 0.831. The van der Waals surface area contributed by atoms with E-state index in [2.05, 4.69) is 5.32 Å². The smallest absolute Gasteiger partial charge is 0.230 e. The molecular weight excluding hydrogens is 260 g/mol. The molecule has 20 heavy (non-hydrogen) atoms. The maximum absolute atomic E-state index is 12.2. The molecule has 1 aliphatic rings.